The van der Waals surface area contributed by atoms with Crippen LogP contribution >= 0.6 is 22.6 Å². The summed E-state index contributed by atoms with van der Waals surface area (Å²) in [5, 5.41) is 8.53. The Bertz CT molecular complexity index is 451. The zero-order valence-electron chi connectivity index (χ0n) is 9.33. The van der Waals surface area contributed by atoms with E-state index < -0.39 is 17.8 Å². The molecule has 0 saturated carbocycles. The lowest BCUT2D eigenvalue weighted by Gasteiger charge is -2.19. The van der Waals surface area contributed by atoms with E-state index in [4.69, 9.17) is 5.11 Å². The Kier molecular flexibility index (Phi) is 4.77. The van der Waals surface area contributed by atoms with Crippen LogP contribution in [0.4, 0.5) is 19.0 Å². The van der Waals surface area contributed by atoms with Gasteiger partial charge in [-0.3, -0.25) is 4.79 Å². The number of pyridine rings is 1. The smallest absolute Gasteiger partial charge is 0.433 e. The van der Waals surface area contributed by atoms with Crippen molar-refractivity contribution < 1.29 is 23.1 Å². The minimum Gasteiger partial charge on any atom is -0.481 e. The minimum absolute atomic E-state index is 0.0969. The second-order valence-corrected chi connectivity index (χ2v) is 4.73. The van der Waals surface area contributed by atoms with Gasteiger partial charge in [0.15, 0.2) is 0 Å². The second-order valence-electron chi connectivity index (χ2n) is 3.56. The van der Waals surface area contributed by atoms with Crippen LogP contribution in [-0.2, 0) is 11.0 Å². The molecule has 0 atom stereocenters. The molecule has 0 fully saturated rings. The monoisotopic (exact) mass is 374 g/mol. The zero-order chi connectivity index (χ0) is 13.9. The molecule has 0 radical (unpaired) electrons. The summed E-state index contributed by atoms with van der Waals surface area (Å²) in [5.41, 5.74) is -0.986. The SMILES string of the molecule is CN(CCC(=O)O)c1nc(C(F)(F)F)ccc1I. The molecule has 4 nitrogen and oxygen atoms in total. The molecule has 1 N–H and O–H groups in total. The van der Waals surface area contributed by atoms with Gasteiger partial charge in [-0.15, -0.1) is 0 Å². The number of anilines is 1. The molecule has 0 amide bonds. The molecule has 1 rings (SSSR count). The third kappa shape index (κ3) is 4.00. The quantitative estimate of drug-likeness (QED) is 0.824. The van der Waals surface area contributed by atoms with E-state index in [9.17, 15) is 18.0 Å². The Balaban J connectivity index is 2.97. The average Bonchev–Trinajstić information content (AvgIpc) is 2.24. The van der Waals surface area contributed by atoms with Gasteiger partial charge in [0.2, 0.25) is 0 Å². The molecule has 0 aromatic carbocycles. The van der Waals surface area contributed by atoms with Gasteiger partial charge in [0.25, 0.3) is 0 Å². The Morgan fingerprint density at radius 1 is 1.50 bits per heavy atom. The lowest BCUT2D eigenvalue weighted by atomic mass is 10.3. The highest BCUT2D eigenvalue weighted by atomic mass is 127. The third-order valence-electron chi connectivity index (χ3n) is 2.14. The molecule has 0 aliphatic carbocycles. The van der Waals surface area contributed by atoms with Gasteiger partial charge in [-0.25, -0.2) is 4.98 Å². The standard InChI is InChI=1S/C10H10F3IN2O2/c1-16(5-4-8(17)18)9-6(14)2-3-7(15-9)10(11,12)13/h2-3H,4-5H2,1H3,(H,17,18). The number of aliphatic carboxylic acids is 1. The van der Waals surface area contributed by atoms with Crippen LogP contribution in [-0.4, -0.2) is 29.7 Å². The van der Waals surface area contributed by atoms with E-state index >= 15 is 0 Å². The fourth-order valence-electron chi connectivity index (χ4n) is 1.23. The van der Waals surface area contributed by atoms with Gasteiger partial charge in [-0.2, -0.15) is 13.2 Å². The van der Waals surface area contributed by atoms with Crippen molar-refractivity contribution in [2.24, 2.45) is 0 Å². The van der Waals surface area contributed by atoms with Crippen LogP contribution in [0.2, 0.25) is 0 Å². The van der Waals surface area contributed by atoms with Crippen LogP contribution in [0.3, 0.4) is 0 Å². The predicted octanol–water partition coefficient (Wildman–Crippen LogP) is 2.62. The highest BCUT2D eigenvalue weighted by Crippen LogP contribution is 2.30. The Morgan fingerprint density at radius 2 is 2.11 bits per heavy atom. The third-order valence-corrected chi connectivity index (χ3v) is 2.98. The number of alkyl halides is 3. The Labute approximate surface area is 115 Å². The van der Waals surface area contributed by atoms with Crippen LogP contribution in [0.15, 0.2) is 12.1 Å². The first-order valence-electron chi connectivity index (χ1n) is 4.88. The van der Waals surface area contributed by atoms with Crippen LogP contribution in [0, 0.1) is 3.57 Å². The van der Waals surface area contributed by atoms with E-state index in [1.807, 2.05) is 22.6 Å². The number of hydrogen-bond acceptors (Lipinski definition) is 3. The number of hydrogen-bond donors (Lipinski definition) is 1. The van der Waals surface area contributed by atoms with E-state index in [1.54, 1.807) is 0 Å². The van der Waals surface area contributed by atoms with Gasteiger partial charge >= 0.3 is 12.1 Å². The largest absolute Gasteiger partial charge is 0.481 e. The molecule has 0 aliphatic rings. The maximum absolute atomic E-state index is 12.5. The Morgan fingerprint density at radius 3 is 2.61 bits per heavy atom. The first-order valence-corrected chi connectivity index (χ1v) is 5.96. The van der Waals surface area contributed by atoms with Crippen molar-refractivity contribution in [3.05, 3.63) is 21.4 Å². The summed E-state index contributed by atoms with van der Waals surface area (Å²) in [4.78, 5) is 15.3. The van der Waals surface area contributed by atoms with Gasteiger partial charge in [-0.1, -0.05) is 0 Å². The molecule has 0 aliphatic heterocycles. The molecule has 0 spiro atoms. The van der Waals surface area contributed by atoms with Crippen molar-refractivity contribution in [2.75, 3.05) is 18.5 Å². The van der Waals surface area contributed by atoms with Crippen LogP contribution in [0.25, 0.3) is 0 Å². The molecule has 1 heterocycles. The minimum atomic E-state index is -4.51. The fourth-order valence-corrected chi connectivity index (χ4v) is 1.94. The Hall–Kier alpha value is -1.06. The van der Waals surface area contributed by atoms with Crippen molar-refractivity contribution >= 4 is 34.4 Å². The summed E-state index contributed by atoms with van der Waals surface area (Å²) in [7, 11) is 1.51. The first-order chi connectivity index (χ1) is 8.21. The van der Waals surface area contributed by atoms with Crippen LogP contribution in [0.5, 0.6) is 0 Å². The van der Waals surface area contributed by atoms with E-state index in [0.717, 1.165) is 6.07 Å². The first kappa shape index (κ1) is 15.0. The van der Waals surface area contributed by atoms with Crippen molar-refractivity contribution in [3.8, 4) is 0 Å². The van der Waals surface area contributed by atoms with Crippen LogP contribution in [0.1, 0.15) is 12.1 Å². The zero-order valence-corrected chi connectivity index (χ0v) is 11.5. The number of carbonyl (C=O) groups is 1. The van der Waals surface area contributed by atoms with Gasteiger partial charge in [0.1, 0.15) is 11.5 Å². The normalized spacial score (nSPS) is 11.4. The highest BCUT2D eigenvalue weighted by Gasteiger charge is 2.33. The number of carboxylic acids is 1. The molecule has 0 bridgehead atoms. The lowest BCUT2D eigenvalue weighted by molar-refractivity contribution is -0.141. The number of rotatable bonds is 4. The number of halogens is 4. The molecule has 0 saturated heterocycles. The van der Waals surface area contributed by atoms with Gasteiger partial charge < -0.3 is 10.0 Å². The van der Waals surface area contributed by atoms with E-state index in [2.05, 4.69) is 4.98 Å². The number of aromatic nitrogens is 1. The molecule has 1 aromatic heterocycles. The summed E-state index contributed by atoms with van der Waals surface area (Å²) < 4.78 is 38.0. The molecule has 8 heteroatoms. The average molecular weight is 374 g/mol. The van der Waals surface area contributed by atoms with Gasteiger partial charge in [0.05, 0.1) is 9.99 Å². The summed E-state index contributed by atoms with van der Waals surface area (Å²) >= 11 is 1.86. The van der Waals surface area contributed by atoms with Gasteiger partial charge in [-0.05, 0) is 34.7 Å². The van der Waals surface area contributed by atoms with Gasteiger partial charge in [0, 0.05) is 13.6 Å². The number of carboxylic acid groups (broad SMARTS) is 1. The molecule has 18 heavy (non-hydrogen) atoms. The molecule has 100 valence electrons. The molecular formula is C10H10F3IN2O2. The van der Waals surface area contributed by atoms with E-state index in [0.29, 0.717) is 3.57 Å². The topological polar surface area (TPSA) is 53.4 Å². The van der Waals surface area contributed by atoms with Crippen molar-refractivity contribution in [1.29, 1.82) is 0 Å². The highest BCUT2D eigenvalue weighted by molar-refractivity contribution is 14.1. The summed E-state index contributed by atoms with van der Waals surface area (Å²) in [6.45, 7) is 0.0969. The molecular weight excluding hydrogens is 364 g/mol. The number of nitrogens with zero attached hydrogens (tertiary/aromatic N) is 2. The molecule has 0 unspecified atom stereocenters. The van der Waals surface area contributed by atoms with E-state index in [1.165, 1.54) is 18.0 Å². The van der Waals surface area contributed by atoms with E-state index in [-0.39, 0.29) is 18.8 Å². The summed E-state index contributed by atoms with van der Waals surface area (Å²) in [6.07, 6.45) is -4.67. The maximum atomic E-state index is 12.5. The van der Waals surface area contributed by atoms with Crippen molar-refractivity contribution in [3.63, 3.8) is 0 Å². The predicted molar refractivity (Wildman–Crippen MR) is 67.5 cm³/mol. The molecule has 1 aromatic rings. The summed E-state index contributed by atoms with van der Waals surface area (Å²) in [6, 6.07) is 2.21. The van der Waals surface area contributed by atoms with Crippen LogP contribution < -0.4 is 4.90 Å². The van der Waals surface area contributed by atoms with Crippen molar-refractivity contribution in [2.45, 2.75) is 12.6 Å². The fraction of sp³-hybridized carbons (Fsp3) is 0.400. The lowest BCUT2D eigenvalue weighted by Crippen LogP contribution is -2.24. The summed E-state index contributed by atoms with van der Waals surface area (Å²) in [5.74, 6) is -0.879. The van der Waals surface area contributed by atoms with Crippen molar-refractivity contribution in [1.82, 2.24) is 4.98 Å². The maximum Gasteiger partial charge on any atom is 0.433 e. The second kappa shape index (κ2) is 5.72.